The molecule has 58 valence electrons. The summed E-state index contributed by atoms with van der Waals surface area (Å²) in [5.74, 6) is 0.872. The first-order valence-electron chi connectivity index (χ1n) is 3.35. The number of hydrogen-bond acceptors (Lipinski definition) is 2. The van der Waals surface area contributed by atoms with Gasteiger partial charge in [-0.2, -0.15) is 0 Å². The molecule has 0 atom stereocenters. The number of rotatable bonds is 3. The van der Waals surface area contributed by atoms with Crippen LogP contribution in [0.25, 0.3) is 0 Å². The summed E-state index contributed by atoms with van der Waals surface area (Å²) >= 11 is 0. The monoisotopic (exact) mass is 150 g/mol. The van der Waals surface area contributed by atoms with Gasteiger partial charge in [0.15, 0.2) is 0 Å². The molecule has 2 nitrogen and oxygen atoms in total. The molecule has 0 aromatic heterocycles. The van der Waals surface area contributed by atoms with E-state index in [2.05, 4.69) is 6.58 Å². The summed E-state index contributed by atoms with van der Waals surface area (Å²) in [5, 5.41) is 9.01. The van der Waals surface area contributed by atoms with Gasteiger partial charge < -0.3 is 9.84 Å². The minimum atomic E-state index is 0.214. The second kappa shape index (κ2) is 3.66. The molecule has 0 unspecified atom stereocenters. The van der Waals surface area contributed by atoms with Crippen molar-refractivity contribution < 1.29 is 9.84 Å². The van der Waals surface area contributed by atoms with Gasteiger partial charge in [-0.15, -0.1) is 0 Å². The van der Waals surface area contributed by atoms with E-state index in [1.807, 2.05) is 0 Å². The Morgan fingerprint density at radius 2 is 2.36 bits per heavy atom. The fourth-order valence-corrected chi connectivity index (χ4v) is 0.728. The zero-order chi connectivity index (χ0) is 8.10. The number of phenolic OH excluding ortho intramolecular Hbond substituents is 1. The van der Waals surface area contributed by atoms with Crippen molar-refractivity contribution in [3.63, 3.8) is 0 Å². The maximum atomic E-state index is 9.01. The van der Waals surface area contributed by atoms with Crippen molar-refractivity contribution in [1.29, 1.82) is 0 Å². The van der Waals surface area contributed by atoms with Crippen LogP contribution in [0.5, 0.6) is 11.5 Å². The molecule has 1 aromatic rings. The lowest BCUT2D eigenvalue weighted by atomic mass is 10.3. The molecule has 2 heteroatoms. The molecule has 0 aliphatic rings. The Kier molecular flexibility index (Phi) is 2.55. The van der Waals surface area contributed by atoms with Crippen molar-refractivity contribution in [2.24, 2.45) is 0 Å². The number of benzene rings is 1. The lowest BCUT2D eigenvalue weighted by Gasteiger charge is -2.01. The summed E-state index contributed by atoms with van der Waals surface area (Å²) in [5.41, 5.74) is 0. The van der Waals surface area contributed by atoms with Crippen molar-refractivity contribution in [3.05, 3.63) is 36.9 Å². The Hall–Kier alpha value is -1.44. The van der Waals surface area contributed by atoms with Crippen molar-refractivity contribution in [3.8, 4) is 11.5 Å². The summed E-state index contributed by atoms with van der Waals surface area (Å²) in [6.45, 7) is 3.97. The predicted molar refractivity (Wildman–Crippen MR) is 43.8 cm³/mol. The number of phenols is 1. The molecule has 0 saturated carbocycles. The summed E-state index contributed by atoms with van der Waals surface area (Å²) in [6.07, 6.45) is 1.66. The third-order valence-corrected chi connectivity index (χ3v) is 1.19. The van der Waals surface area contributed by atoms with Crippen LogP contribution in [-0.4, -0.2) is 11.7 Å². The Bertz CT molecular complexity index is 243. The molecule has 1 rings (SSSR count). The van der Waals surface area contributed by atoms with Gasteiger partial charge >= 0.3 is 0 Å². The van der Waals surface area contributed by atoms with Crippen LogP contribution in [0.1, 0.15) is 0 Å². The van der Waals surface area contributed by atoms with Gasteiger partial charge in [0.2, 0.25) is 0 Å². The quantitative estimate of drug-likeness (QED) is 0.667. The van der Waals surface area contributed by atoms with Crippen molar-refractivity contribution >= 4 is 0 Å². The molecule has 0 aliphatic heterocycles. The van der Waals surface area contributed by atoms with Crippen LogP contribution in [-0.2, 0) is 0 Å². The molecule has 0 radical (unpaired) electrons. The number of hydrogen-bond donors (Lipinski definition) is 1. The van der Waals surface area contributed by atoms with Gasteiger partial charge in [0.05, 0.1) is 0 Å². The highest BCUT2D eigenvalue weighted by Crippen LogP contribution is 2.17. The van der Waals surface area contributed by atoms with E-state index >= 15 is 0 Å². The molecule has 0 fully saturated rings. The molecule has 0 aliphatic carbocycles. The van der Waals surface area contributed by atoms with Gasteiger partial charge in [0, 0.05) is 6.07 Å². The fourth-order valence-electron chi connectivity index (χ4n) is 0.728. The molecule has 0 spiro atoms. The highest BCUT2D eigenvalue weighted by atomic mass is 16.5. The van der Waals surface area contributed by atoms with Crippen LogP contribution in [0.15, 0.2) is 36.9 Å². The van der Waals surface area contributed by atoms with Gasteiger partial charge in [-0.25, -0.2) is 0 Å². The molecule has 1 aromatic carbocycles. The van der Waals surface area contributed by atoms with E-state index < -0.39 is 0 Å². The van der Waals surface area contributed by atoms with Crippen molar-refractivity contribution in [2.75, 3.05) is 6.61 Å². The molecule has 0 amide bonds. The maximum absolute atomic E-state index is 9.01. The topological polar surface area (TPSA) is 29.5 Å². The molecule has 0 saturated heterocycles. The average Bonchev–Trinajstić information content (AvgIpc) is 2.01. The van der Waals surface area contributed by atoms with Gasteiger partial charge in [0.1, 0.15) is 18.1 Å². The zero-order valence-corrected chi connectivity index (χ0v) is 6.16. The molecule has 0 heterocycles. The summed E-state index contributed by atoms with van der Waals surface area (Å²) in [4.78, 5) is 0. The van der Waals surface area contributed by atoms with E-state index in [4.69, 9.17) is 9.84 Å². The third kappa shape index (κ3) is 2.34. The van der Waals surface area contributed by atoms with E-state index in [9.17, 15) is 0 Å². The van der Waals surface area contributed by atoms with E-state index in [0.29, 0.717) is 12.4 Å². The Labute approximate surface area is 65.7 Å². The number of aromatic hydroxyl groups is 1. The van der Waals surface area contributed by atoms with Gasteiger partial charge in [-0.1, -0.05) is 18.7 Å². The molecule has 1 N–H and O–H groups in total. The second-order valence-corrected chi connectivity index (χ2v) is 2.10. The largest absolute Gasteiger partial charge is 0.508 e. The zero-order valence-electron chi connectivity index (χ0n) is 6.16. The first-order valence-corrected chi connectivity index (χ1v) is 3.35. The summed E-state index contributed by atoms with van der Waals surface area (Å²) in [6, 6.07) is 6.67. The molecular weight excluding hydrogens is 140 g/mol. The van der Waals surface area contributed by atoms with Gasteiger partial charge in [-0.05, 0) is 12.1 Å². The van der Waals surface area contributed by atoms with Gasteiger partial charge in [0.25, 0.3) is 0 Å². The maximum Gasteiger partial charge on any atom is 0.123 e. The van der Waals surface area contributed by atoms with Crippen LogP contribution >= 0.6 is 0 Å². The SMILES string of the molecule is C=CCOc1cccc(O)c1. The highest BCUT2D eigenvalue weighted by molar-refractivity contribution is 5.31. The van der Waals surface area contributed by atoms with Gasteiger partial charge in [-0.3, -0.25) is 0 Å². The van der Waals surface area contributed by atoms with Crippen LogP contribution in [0, 0.1) is 0 Å². The Morgan fingerprint density at radius 1 is 1.55 bits per heavy atom. The lowest BCUT2D eigenvalue weighted by Crippen LogP contribution is -1.91. The van der Waals surface area contributed by atoms with E-state index in [0.717, 1.165) is 0 Å². The minimum Gasteiger partial charge on any atom is -0.508 e. The van der Waals surface area contributed by atoms with E-state index in [1.54, 1.807) is 30.3 Å². The fraction of sp³-hybridized carbons (Fsp3) is 0.111. The number of ether oxygens (including phenoxy) is 1. The second-order valence-electron chi connectivity index (χ2n) is 2.10. The van der Waals surface area contributed by atoms with Crippen LogP contribution in [0.4, 0.5) is 0 Å². The highest BCUT2D eigenvalue weighted by Gasteiger charge is 1.91. The normalized spacial score (nSPS) is 9.09. The van der Waals surface area contributed by atoms with Crippen LogP contribution in [0.3, 0.4) is 0 Å². The lowest BCUT2D eigenvalue weighted by molar-refractivity contribution is 0.360. The molecule has 11 heavy (non-hydrogen) atoms. The minimum absolute atomic E-state index is 0.214. The Balaban J connectivity index is 2.63. The van der Waals surface area contributed by atoms with Crippen LogP contribution in [0.2, 0.25) is 0 Å². The standard InChI is InChI=1S/C9H10O2/c1-2-6-11-9-5-3-4-8(10)7-9/h2-5,7,10H,1,6H2. The summed E-state index contributed by atoms with van der Waals surface area (Å²) < 4.78 is 5.16. The first kappa shape index (κ1) is 7.66. The molecule has 0 bridgehead atoms. The van der Waals surface area contributed by atoms with E-state index in [1.165, 1.54) is 0 Å². The van der Waals surface area contributed by atoms with Crippen molar-refractivity contribution in [1.82, 2.24) is 0 Å². The predicted octanol–water partition coefficient (Wildman–Crippen LogP) is 1.96. The molecular formula is C9H10O2. The third-order valence-electron chi connectivity index (χ3n) is 1.19. The first-order chi connectivity index (χ1) is 5.33. The summed E-state index contributed by atoms with van der Waals surface area (Å²) in [7, 11) is 0. The smallest absolute Gasteiger partial charge is 0.123 e. The average molecular weight is 150 g/mol. The Morgan fingerprint density at radius 3 is 3.00 bits per heavy atom. The van der Waals surface area contributed by atoms with E-state index in [-0.39, 0.29) is 5.75 Å². The van der Waals surface area contributed by atoms with Crippen LogP contribution < -0.4 is 4.74 Å². The van der Waals surface area contributed by atoms with Crippen molar-refractivity contribution in [2.45, 2.75) is 0 Å².